The van der Waals surface area contributed by atoms with E-state index in [1.807, 2.05) is 0 Å². The fraction of sp³-hybridized carbons (Fsp3) is 0.0769. The van der Waals surface area contributed by atoms with Crippen LogP contribution in [0.2, 0.25) is 15.1 Å². The summed E-state index contributed by atoms with van der Waals surface area (Å²) < 4.78 is 25.8. The van der Waals surface area contributed by atoms with Gasteiger partial charge in [-0.2, -0.15) is 0 Å². The lowest BCUT2D eigenvalue weighted by atomic mass is 10.2. The average molecular weight is 323 g/mol. The monoisotopic (exact) mass is 321 g/mol. The van der Waals surface area contributed by atoms with Gasteiger partial charge in [0.05, 0.1) is 10.0 Å². The number of hydrogen-bond acceptors (Lipinski definition) is 1. The van der Waals surface area contributed by atoms with Crippen molar-refractivity contribution in [1.29, 1.82) is 0 Å². The first kappa shape index (κ1) is 14.4. The molecule has 1 nitrogen and oxygen atoms in total. The second kappa shape index (κ2) is 5.95. The number of nitrogens with one attached hydrogen (secondary N) is 1. The molecule has 0 fully saturated rings. The topological polar surface area (TPSA) is 12.0 Å². The minimum absolute atomic E-state index is 0.253. The first-order valence-electron chi connectivity index (χ1n) is 5.30. The van der Waals surface area contributed by atoms with E-state index in [0.717, 1.165) is 12.1 Å². The first-order chi connectivity index (χ1) is 8.99. The zero-order valence-electron chi connectivity index (χ0n) is 9.48. The van der Waals surface area contributed by atoms with Gasteiger partial charge in [-0.05, 0) is 24.3 Å². The Bertz CT molecular complexity index is 617. The Morgan fingerprint density at radius 2 is 1.58 bits per heavy atom. The summed E-state index contributed by atoms with van der Waals surface area (Å²) in [4.78, 5) is 0. The molecule has 19 heavy (non-hydrogen) atoms. The van der Waals surface area contributed by atoms with Crippen molar-refractivity contribution in [2.45, 2.75) is 6.54 Å². The van der Waals surface area contributed by atoms with Crippen LogP contribution in [-0.4, -0.2) is 0 Å². The van der Waals surface area contributed by atoms with Crippen LogP contribution in [0, 0.1) is 11.6 Å². The van der Waals surface area contributed by atoms with Gasteiger partial charge in [-0.1, -0.05) is 34.8 Å². The van der Waals surface area contributed by atoms with E-state index in [0.29, 0.717) is 26.3 Å². The molecule has 2 aromatic rings. The molecular formula is C13H8Cl3F2N. The summed E-state index contributed by atoms with van der Waals surface area (Å²) >= 11 is 17.9. The van der Waals surface area contributed by atoms with Crippen LogP contribution in [0.4, 0.5) is 14.5 Å². The highest BCUT2D eigenvalue weighted by atomic mass is 35.5. The van der Waals surface area contributed by atoms with Crippen LogP contribution in [0.25, 0.3) is 0 Å². The summed E-state index contributed by atoms with van der Waals surface area (Å²) in [6, 6.07) is 6.73. The average Bonchev–Trinajstić information content (AvgIpc) is 2.38. The maximum absolute atomic E-state index is 13.0. The van der Waals surface area contributed by atoms with Crippen LogP contribution in [0.1, 0.15) is 5.56 Å². The van der Waals surface area contributed by atoms with Crippen molar-refractivity contribution in [2.75, 3.05) is 5.32 Å². The zero-order chi connectivity index (χ0) is 14.0. The van der Waals surface area contributed by atoms with Crippen LogP contribution in [0.3, 0.4) is 0 Å². The fourth-order valence-electron chi connectivity index (χ4n) is 1.53. The van der Waals surface area contributed by atoms with E-state index >= 15 is 0 Å². The number of rotatable bonds is 3. The molecule has 0 aliphatic heterocycles. The lowest BCUT2D eigenvalue weighted by Gasteiger charge is -2.11. The third-order valence-corrected chi connectivity index (χ3v) is 3.73. The molecular weight excluding hydrogens is 315 g/mol. The van der Waals surface area contributed by atoms with Gasteiger partial charge in [0.15, 0.2) is 11.6 Å². The van der Waals surface area contributed by atoms with Gasteiger partial charge >= 0.3 is 0 Å². The molecule has 6 heteroatoms. The van der Waals surface area contributed by atoms with Crippen molar-refractivity contribution in [2.24, 2.45) is 0 Å². The minimum Gasteiger partial charge on any atom is -0.381 e. The van der Waals surface area contributed by atoms with Crippen molar-refractivity contribution in [1.82, 2.24) is 0 Å². The molecule has 1 N–H and O–H groups in total. The SMILES string of the molecule is Fc1ccc(NCc2c(Cl)ccc(Cl)c2Cl)cc1F. The van der Waals surface area contributed by atoms with Gasteiger partial charge in [0, 0.05) is 28.9 Å². The van der Waals surface area contributed by atoms with Crippen LogP contribution >= 0.6 is 34.8 Å². The predicted molar refractivity (Wildman–Crippen MR) is 75.2 cm³/mol. The summed E-state index contributed by atoms with van der Waals surface area (Å²) in [7, 11) is 0. The third kappa shape index (κ3) is 3.30. The quantitative estimate of drug-likeness (QED) is 0.732. The molecule has 0 heterocycles. The Labute approximate surface area is 124 Å². The van der Waals surface area contributed by atoms with Crippen molar-refractivity contribution >= 4 is 40.5 Å². The van der Waals surface area contributed by atoms with E-state index in [2.05, 4.69) is 5.32 Å². The van der Waals surface area contributed by atoms with Crippen LogP contribution in [0.15, 0.2) is 30.3 Å². The fourth-order valence-corrected chi connectivity index (χ4v) is 2.21. The molecule has 0 radical (unpaired) electrons. The van der Waals surface area contributed by atoms with Gasteiger partial charge in [0.1, 0.15) is 0 Å². The predicted octanol–water partition coefficient (Wildman–Crippen LogP) is 5.54. The molecule has 0 amide bonds. The smallest absolute Gasteiger partial charge is 0.160 e. The lowest BCUT2D eigenvalue weighted by molar-refractivity contribution is 0.509. The summed E-state index contributed by atoms with van der Waals surface area (Å²) in [6.45, 7) is 0.253. The highest BCUT2D eigenvalue weighted by Crippen LogP contribution is 2.31. The van der Waals surface area contributed by atoms with E-state index < -0.39 is 11.6 Å². The summed E-state index contributed by atoms with van der Waals surface area (Å²) in [5.74, 6) is -1.82. The van der Waals surface area contributed by atoms with Crippen LogP contribution < -0.4 is 5.32 Å². The molecule has 0 aliphatic carbocycles. The minimum atomic E-state index is -0.923. The molecule has 100 valence electrons. The zero-order valence-corrected chi connectivity index (χ0v) is 11.8. The highest BCUT2D eigenvalue weighted by molar-refractivity contribution is 6.44. The van der Waals surface area contributed by atoms with E-state index in [4.69, 9.17) is 34.8 Å². The van der Waals surface area contributed by atoms with E-state index in [1.165, 1.54) is 6.07 Å². The van der Waals surface area contributed by atoms with Gasteiger partial charge in [0.2, 0.25) is 0 Å². The summed E-state index contributed by atoms with van der Waals surface area (Å²) in [5, 5.41) is 4.07. The number of anilines is 1. The molecule has 0 aliphatic rings. The number of hydrogen-bond donors (Lipinski definition) is 1. The standard InChI is InChI=1S/C13H8Cl3F2N/c14-9-2-3-10(15)13(16)8(9)6-19-7-1-4-11(17)12(18)5-7/h1-5,19H,6H2. The van der Waals surface area contributed by atoms with Gasteiger partial charge in [-0.25, -0.2) is 8.78 Å². The van der Waals surface area contributed by atoms with Crippen LogP contribution in [-0.2, 0) is 6.54 Å². The Hall–Kier alpha value is -1.03. The summed E-state index contributed by atoms with van der Waals surface area (Å²) in [6.07, 6.45) is 0. The van der Waals surface area contributed by atoms with Crippen molar-refractivity contribution < 1.29 is 8.78 Å². The van der Waals surface area contributed by atoms with Crippen molar-refractivity contribution in [3.8, 4) is 0 Å². The largest absolute Gasteiger partial charge is 0.381 e. The maximum Gasteiger partial charge on any atom is 0.160 e. The van der Waals surface area contributed by atoms with E-state index in [-0.39, 0.29) is 6.54 Å². The van der Waals surface area contributed by atoms with Crippen LogP contribution in [0.5, 0.6) is 0 Å². The number of halogens is 5. The van der Waals surface area contributed by atoms with Gasteiger partial charge in [-0.15, -0.1) is 0 Å². The van der Waals surface area contributed by atoms with Gasteiger partial charge in [0.25, 0.3) is 0 Å². The third-order valence-electron chi connectivity index (χ3n) is 2.53. The normalized spacial score (nSPS) is 10.6. The summed E-state index contributed by atoms with van der Waals surface area (Å²) in [5.41, 5.74) is 1.02. The molecule has 0 saturated heterocycles. The molecule has 0 bridgehead atoms. The Kier molecular flexibility index (Phi) is 4.50. The second-order valence-corrected chi connectivity index (χ2v) is 5.00. The second-order valence-electron chi connectivity index (χ2n) is 3.80. The lowest BCUT2D eigenvalue weighted by Crippen LogP contribution is -2.02. The van der Waals surface area contributed by atoms with E-state index in [1.54, 1.807) is 12.1 Å². The van der Waals surface area contributed by atoms with Crippen molar-refractivity contribution in [3.63, 3.8) is 0 Å². The van der Waals surface area contributed by atoms with Gasteiger partial charge in [-0.3, -0.25) is 0 Å². The molecule has 0 unspecified atom stereocenters. The molecule has 0 aromatic heterocycles. The Morgan fingerprint density at radius 3 is 2.26 bits per heavy atom. The van der Waals surface area contributed by atoms with Crippen molar-refractivity contribution in [3.05, 3.63) is 62.6 Å². The highest BCUT2D eigenvalue weighted by Gasteiger charge is 2.10. The van der Waals surface area contributed by atoms with Gasteiger partial charge < -0.3 is 5.32 Å². The molecule has 0 saturated carbocycles. The van der Waals surface area contributed by atoms with E-state index in [9.17, 15) is 8.78 Å². The first-order valence-corrected chi connectivity index (χ1v) is 6.43. The molecule has 0 atom stereocenters. The molecule has 2 rings (SSSR count). The maximum atomic E-state index is 13.0. The molecule has 0 spiro atoms. The number of benzene rings is 2. The Morgan fingerprint density at radius 1 is 0.895 bits per heavy atom. The Balaban J connectivity index is 2.19. The molecule has 2 aromatic carbocycles.